The lowest BCUT2D eigenvalue weighted by Crippen LogP contribution is -2.32. The molecular formula is C14H10O. The molecule has 3 rings (SSSR count). The molecule has 1 nitrogen and oxygen atoms in total. The summed E-state index contributed by atoms with van der Waals surface area (Å²) in [6.07, 6.45) is 9.63. The van der Waals surface area contributed by atoms with E-state index >= 15 is 0 Å². The van der Waals surface area contributed by atoms with Gasteiger partial charge < -0.3 is 0 Å². The van der Waals surface area contributed by atoms with Crippen molar-refractivity contribution in [2.75, 3.05) is 0 Å². The average molecular weight is 194 g/mol. The molecule has 0 radical (unpaired) electrons. The van der Waals surface area contributed by atoms with E-state index in [0.29, 0.717) is 0 Å². The lowest BCUT2D eigenvalue weighted by atomic mass is 9.86. The first-order valence-corrected chi connectivity index (χ1v) is 5.05. The van der Waals surface area contributed by atoms with Crippen LogP contribution in [0.15, 0.2) is 48.1 Å². The van der Waals surface area contributed by atoms with Crippen molar-refractivity contribution in [2.24, 2.45) is 5.92 Å². The summed E-state index contributed by atoms with van der Waals surface area (Å²) < 4.78 is 0. The number of ketones is 1. The van der Waals surface area contributed by atoms with E-state index in [9.17, 15) is 4.79 Å². The molecule has 0 heterocycles. The monoisotopic (exact) mass is 194 g/mol. The highest BCUT2D eigenvalue weighted by atomic mass is 16.1. The molecule has 2 aliphatic carbocycles. The van der Waals surface area contributed by atoms with E-state index < -0.39 is 0 Å². The molecule has 15 heavy (non-hydrogen) atoms. The molecular weight excluding hydrogens is 184 g/mol. The van der Waals surface area contributed by atoms with Crippen LogP contribution in [0.4, 0.5) is 0 Å². The second-order valence-electron chi connectivity index (χ2n) is 3.85. The fourth-order valence-electron chi connectivity index (χ4n) is 2.10. The van der Waals surface area contributed by atoms with E-state index in [4.69, 9.17) is 0 Å². The topological polar surface area (TPSA) is 17.1 Å². The normalized spacial score (nSPS) is 22.0. The molecule has 72 valence electrons. The van der Waals surface area contributed by atoms with Crippen LogP contribution in [0.5, 0.6) is 0 Å². The van der Waals surface area contributed by atoms with E-state index in [-0.39, 0.29) is 11.7 Å². The summed E-state index contributed by atoms with van der Waals surface area (Å²) in [5, 5.41) is 2.35. The summed E-state index contributed by atoms with van der Waals surface area (Å²) in [4.78, 5) is 11.7. The minimum Gasteiger partial charge on any atom is -0.294 e. The largest absolute Gasteiger partial charge is 0.294 e. The molecule has 1 unspecified atom stereocenters. The van der Waals surface area contributed by atoms with Gasteiger partial charge in [-0.3, -0.25) is 4.79 Å². The number of carbonyl (C=O) groups excluding carboxylic acids is 1. The van der Waals surface area contributed by atoms with E-state index in [0.717, 1.165) is 10.8 Å². The Hall–Kier alpha value is -1.89. The average Bonchev–Trinajstić information content (AvgIpc) is 2.27. The Kier molecular flexibility index (Phi) is 1.72. The summed E-state index contributed by atoms with van der Waals surface area (Å²) in [6.45, 7) is 0. The summed E-state index contributed by atoms with van der Waals surface area (Å²) in [7, 11) is 0. The maximum atomic E-state index is 11.7. The van der Waals surface area contributed by atoms with Gasteiger partial charge in [-0.2, -0.15) is 0 Å². The summed E-state index contributed by atoms with van der Waals surface area (Å²) in [5.74, 6) is 0.114. The van der Waals surface area contributed by atoms with Crippen LogP contribution in [0.3, 0.4) is 0 Å². The van der Waals surface area contributed by atoms with Crippen molar-refractivity contribution in [1.82, 2.24) is 0 Å². The number of fused-ring (bicyclic) bond motifs is 2. The lowest BCUT2D eigenvalue weighted by molar-refractivity contribution is -0.115. The van der Waals surface area contributed by atoms with Gasteiger partial charge in [0.15, 0.2) is 5.78 Å². The standard InChI is InChI=1S/C14H10O/c15-14-7-3-6-12-8-10-4-1-2-5-11(10)9-13(12)14/h1-9,13H. The van der Waals surface area contributed by atoms with Crippen molar-refractivity contribution in [1.29, 1.82) is 0 Å². The molecule has 0 spiro atoms. The molecule has 0 saturated heterocycles. The van der Waals surface area contributed by atoms with E-state index in [1.54, 1.807) is 6.08 Å². The third-order valence-corrected chi connectivity index (χ3v) is 2.88. The highest BCUT2D eigenvalue weighted by Crippen LogP contribution is 2.21. The van der Waals surface area contributed by atoms with Crippen LogP contribution in [0.1, 0.15) is 0 Å². The van der Waals surface area contributed by atoms with Crippen LogP contribution < -0.4 is 10.4 Å². The second kappa shape index (κ2) is 3.06. The van der Waals surface area contributed by atoms with Crippen LogP contribution in [0.2, 0.25) is 0 Å². The van der Waals surface area contributed by atoms with Crippen molar-refractivity contribution in [3.8, 4) is 0 Å². The molecule has 1 aromatic carbocycles. The maximum absolute atomic E-state index is 11.7. The molecule has 1 atom stereocenters. The van der Waals surface area contributed by atoms with Crippen LogP contribution in [0.25, 0.3) is 12.2 Å². The molecule has 2 aliphatic rings. The number of benzene rings is 1. The molecule has 1 aromatic rings. The Morgan fingerprint density at radius 2 is 1.87 bits per heavy atom. The molecule has 0 aliphatic heterocycles. The van der Waals surface area contributed by atoms with Gasteiger partial charge in [0.2, 0.25) is 0 Å². The number of hydrogen-bond donors (Lipinski definition) is 0. The van der Waals surface area contributed by atoms with Gasteiger partial charge in [0.25, 0.3) is 0 Å². The van der Waals surface area contributed by atoms with Crippen molar-refractivity contribution in [3.63, 3.8) is 0 Å². The molecule has 0 bridgehead atoms. The molecule has 0 saturated carbocycles. The highest BCUT2D eigenvalue weighted by Gasteiger charge is 2.20. The minimum atomic E-state index is -0.0649. The Balaban J connectivity index is 2.32. The Labute approximate surface area is 87.7 Å². The minimum absolute atomic E-state index is 0.0649. The molecule has 1 heteroatoms. The lowest BCUT2D eigenvalue weighted by Gasteiger charge is -2.17. The van der Waals surface area contributed by atoms with Crippen LogP contribution in [-0.2, 0) is 4.79 Å². The predicted molar refractivity (Wildman–Crippen MR) is 60.3 cm³/mol. The van der Waals surface area contributed by atoms with Gasteiger partial charge in [-0.1, -0.05) is 48.6 Å². The SMILES string of the molecule is O=C1C=CC=C2C=c3ccccc3=CC12. The predicted octanol–water partition coefficient (Wildman–Crippen LogP) is 0.943. The van der Waals surface area contributed by atoms with Crippen LogP contribution in [-0.4, -0.2) is 5.78 Å². The first-order chi connectivity index (χ1) is 7.34. The first kappa shape index (κ1) is 8.42. The fraction of sp³-hybridized carbons (Fsp3) is 0.0714. The van der Waals surface area contributed by atoms with Crippen molar-refractivity contribution < 1.29 is 4.79 Å². The van der Waals surface area contributed by atoms with Crippen molar-refractivity contribution in [3.05, 3.63) is 58.5 Å². The molecule has 0 aromatic heterocycles. The first-order valence-electron chi connectivity index (χ1n) is 5.05. The van der Waals surface area contributed by atoms with Gasteiger partial charge in [-0.25, -0.2) is 0 Å². The van der Waals surface area contributed by atoms with Gasteiger partial charge in [0.05, 0.1) is 5.92 Å². The quantitative estimate of drug-likeness (QED) is 0.601. The second-order valence-corrected chi connectivity index (χ2v) is 3.85. The highest BCUT2D eigenvalue weighted by molar-refractivity contribution is 6.01. The van der Waals surface area contributed by atoms with Crippen LogP contribution >= 0.6 is 0 Å². The fourth-order valence-corrected chi connectivity index (χ4v) is 2.10. The van der Waals surface area contributed by atoms with Gasteiger partial charge in [0.1, 0.15) is 0 Å². The van der Waals surface area contributed by atoms with Crippen molar-refractivity contribution >= 4 is 17.9 Å². The van der Waals surface area contributed by atoms with Crippen molar-refractivity contribution in [2.45, 2.75) is 0 Å². The molecule has 0 amide bonds. The molecule has 0 N–H and O–H groups in total. The van der Waals surface area contributed by atoms with E-state index in [2.05, 4.69) is 12.1 Å². The maximum Gasteiger partial charge on any atom is 0.166 e. The van der Waals surface area contributed by atoms with Gasteiger partial charge in [0, 0.05) is 0 Å². The third kappa shape index (κ3) is 1.28. The zero-order chi connectivity index (χ0) is 10.3. The van der Waals surface area contributed by atoms with E-state index in [1.807, 2.05) is 36.4 Å². The number of allylic oxidation sites excluding steroid dienone is 4. The number of carbonyl (C=O) groups is 1. The zero-order valence-electron chi connectivity index (χ0n) is 8.18. The third-order valence-electron chi connectivity index (χ3n) is 2.88. The van der Waals surface area contributed by atoms with Crippen LogP contribution in [0, 0.1) is 5.92 Å². The Bertz CT molecular complexity index is 602. The number of hydrogen-bond acceptors (Lipinski definition) is 1. The number of rotatable bonds is 0. The Morgan fingerprint density at radius 1 is 1.07 bits per heavy atom. The summed E-state index contributed by atoms with van der Waals surface area (Å²) >= 11 is 0. The summed E-state index contributed by atoms with van der Waals surface area (Å²) in [5.41, 5.74) is 1.10. The van der Waals surface area contributed by atoms with E-state index in [1.165, 1.54) is 5.22 Å². The van der Waals surface area contributed by atoms with Gasteiger partial charge in [-0.15, -0.1) is 0 Å². The van der Waals surface area contributed by atoms with Gasteiger partial charge in [-0.05, 0) is 22.1 Å². The zero-order valence-corrected chi connectivity index (χ0v) is 8.18. The summed E-state index contributed by atoms with van der Waals surface area (Å²) in [6, 6.07) is 8.14. The Morgan fingerprint density at radius 3 is 2.73 bits per heavy atom. The molecule has 0 fully saturated rings. The smallest absolute Gasteiger partial charge is 0.166 e. The van der Waals surface area contributed by atoms with Gasteiger partial charge >= 0.3 is 0 Å².